The van der Waals surface area contributed by atoms with E-state index in [1.165, 1.54) is 0 Å². The monoisotopic (exact) mass is 332 g/mol. The van der Waals surface area contributed by atoms with Gasteiger partial charge in [0.2, 0.25) is 11.8 Å². The smallest absolute Gasteiger partial charge is 0.318 e. The Morgan fingerprint density at radius 3 is 2.83 bits per heavy atom. The predicted molar refractivity (Wildman–Crippen MR) is 87.6 cm³/mol. The van der Waals surface area contributed by atoms with Crippen LogP contribution in [0.4, 0.5) is 6.01 Å². The Kier molecular flexibility index (Phi) is 4.04. The molecule has 7 nitrogen and oxygen atoms in total. The number of hydrogen-bond donors (Lipinski definition) is 0. The Morgan fingerprint density at radius 1 is 1.25 bits per heavy atom. The van der Waals surface area contributed by atoms with Crippen LogP contribution in [-0.4, -0.2) is 59.4 Å². The number of ether oxygens (including phenoxy) is 1. The van der Waals surface area contributed by atoms with Crippen LogP contribution in [0, 0.1) is 12.8 Å². The predicted octanol–water partition coefficient (Wildman–Crippen LogP) is 1.54. The van der Waals surface area contributed by atoms with Gasteiger partial charge in [0.05, 0.1) is 19.7 Å². The van der Waals surface area contributed by atoms with Crippen LogP contribution in [0.25, 0.3) is 0 Å². The molecule has 1 aromatic rings. The first-order valence-corrected chi connectivity index (χ1v) is 8.78. The number of nitrogens with zero attached hydrogens (tertiary/aromatic N) is 4. The zero-order valence-corrected chi connectivity index (χ0v) is 14.1. The number of carbonyl (C=O) groups excluding carboxylic acids is 1. The summed E-state index contributed by atoms with van der Waals surface area (Å²) in [6.45, 7) is 5.32. The van der Waals surface area contributed by atoms with Crippen molar-refractivity contribution in [3.8, 4) is 0 Å². The highest BCUT2D eigenvalue weighted by atomic mass is 16.5. The van der Waals surface area contributed by atoms with Gasteiger partial charge in [0.15, 0.2) is 0 Å². The summed E-state index contributed by atoms with van der Waals surface area (Å²) in [7, 11) is 0. The van der Waals surface area contributed by atoms with E-state index in [4.69, 9.17) is 9.15 Å². The van der Waals surface area contributed by atoms with Crippen molar-refractivity contribution in [1.82, 2.24) is 15.1 Å². The van der Waals surface area contributed by atoms with Crippen molar-refractivity contribution in [3.05, 3.63) is 18.0 Å². The lowest BCUT2D eigenvalue weighted by Gasteiger charge is -2.48. The molecule has 0 aromatic carbocycles. The molecule has 7 heteroatoms. The van der Waals surface area contributed by atoms with Gasteiger partial charge in [-0.2, -0.15) is 0 Å². The summed E-state index contributed by atoms with van der Waals surface area (Å²) in [5, 5.41) is 8.05. The van der Waals surface area contributed by atoms with E-state index in [1.807, 2.05) is 4.90 Å². The van der Waals surface area contributed by atoms with Crippen LogP contribution in [-0.2, 0) is 9.53 Å². The van der Waals surface area contributed by atoms with Gasteiger partial charge >= 0.3 is 6.01 Å². The first-order chi connectivity index (χ1) is 11.7. The van der Waals surface area contributed by atoms with Gasteiger partial charge in [0, 0.05) is 25.9 Å². The van der Waals surface area contributed by atoms with Crippen molar-refractivity contribution >= 4 is 11.9 Å². The highest BCUT2D eigenvalue weighted by Crippen LogP contribution is 2.32. The minimum Gasteiger partial charge on any atom is -0.408 e. The molecular weight excluding hydrogens is 308 g/mol. The highest BCUT2D eigenvalue weighted by Gasteiger charge is 2.43. The number of morpholine rings is 1. The van der Waals surface area contributed by atoms with Crippen LogP contribution < -0.4 is 4.90 Å². The van der Waals surface area contributed by atoms with Gasteiger partial charge in [-0.1, -0.05) is 17.3 Å². The first-order valence-electron chi connectivity index (χ1n) is 8.78. The van der Waals surface area contributed by atoms with Crippen LogP contribution in [0.2, 0.25) is 0 Å². The Hall–Kier alpha value is -1.89. The van der Waals surface area contributed by atoms with Crippen LogP contribution in [0.3, 0.4) is 0 Å². The Balaban J connectivity index is 1.46. The summed E-state index contributed by atoms with van der Waals surface area (Å²) >= 11 is 0. The minimum absolute atomic E-state index is 0.124. The second kappa shape index (κ2) is 6.20. The number of carbonyl (C=O) groups is 1. The third-order valence-corrected chi connectivity index (χ3v) is 5.24. The Bertz CT molecular complexity index is 632. The molecule has 1 amide bonds. The number of rotatable bonds is 2. The van der Waals surface area contributed by atoms with Crippen molar-refractivity contribution < 1.29 is 13.9 Å². The molecule has 1 aliphatic carbocycles. The van der Waals surface area contributed by atoms with Crippen molar-refractivity contribution in [3.63, 3.8) is 0 Å². The molecule has 1 aromatic heterocycles. The molecule has 3 aliphatic rings. The summed E-state index contributed by atoms with van der Waals surface area (Å²) in [5.41, 5.74) is -0.319. The largest absolute Gasteiger partial charge is 0.408 e. The molecule has 0 saturated carbocycles. The van der Waals surface area contributed by atoms with E-state index in [-0.39, 0.29) is 17.4 Å². The van der Waals surface area contributed by atoms with E-state index in [1.54, 1.807) is 6.92 Å². The van der Waals surface area contributed by atoms with Crippen molar-refractivity contribution in [2.24, 2.45) is 5.92 Å². The third-order valence-electron chi connectivity index (χ3n) is 5.24. The topological polar surface area (TPSA) is 71.7 Å². The molecule has 2 saturated heterocycles. The summed E-state index contributed by atoms with van der Waals surface area (Å²) in [6.07, 6.45) is 7.92. The lowest BCUT2D eigenvalue weighted by Crippen LogP contribution is -2.61. The molecule has 24 heavy (non-hydrogen) atoms. The maximum absolute atomic E-state index is 12.8. The molecule has 0 bridgehead atoms. The fourth-order valence-electron chi connectivity index (χ4n) is 4.03. The lowest BCUT2D eigenvalue weighted by atomic mass is 9.90. The highest BCUT2D eigenvalue weighted by molar-refractivity contribution is 5.80. The molecule has 2 aliphatic heterocycles. The van der Waals surface area contributed by atoms with Gasteiger partial charge in [-0.25, -0.2) is 0 Å². The van der Waals surface area contributed by atoms with E-state index in [0.717, 1.165) is 32.2 Å². The summed E-state index contributed by atoms with van der Waals surface area (Å²) in [6, 6.07) is 0.554. The maximum atomic E-state index is 12.8. The van der Waals surface area contributed by atoms with Gasteiger partial charge in [-0.3, -0.25) is 4.79 Å². The Morgan fingerprint density at radius 2 is 2.08 bits per heavy atom. The summed E-state index contributed by atoms with van der Waals surface area (Å²) in [4.78, 5) is 16.9. The number of hydrogen-bond acceptors (Lipinski definition) is 6. The van der Waals surface area contributed by atoms with Gasteiger partial charge in [-0.15, -0.1) is 5.10 Å². The number of aryl methyl sites for hydroxylation is 1. The molecule has 4 rings (SSSR count). The van der Waals surface area contributed by atoms with Crippen LogP contribution in [0.1, 0.15) is 31.6 Å². The first kappa shape index (κ1) is 15.6. The fourth-order valence-corrected chi connectivity index (χ4v) is 4.03. The second-order valence-electron chi connectivity index (χ2n) is 7.06. The quantitative estimate of drug-likeness (QED) is 0.765. The SMILES string of the molecule is Cc1nnc(N2CCCC3(CN(C(=O)C4CC=CC4)CCO3)C2)o1. The second-order valence-corrected chi connectivity index (χ2v) is 7.06. The number of piperidine rings is 1. The molecule has 2 fully saturated rings. The van der Waals surface area contributed by atoms with Gasteiger partial charge in [-0.05, 0) is 25.7 Å². The van der Waals surface area contributed by atoms with E-state index in [2.05, 4.69) is 27.2 Å². The average molecular weight is 332 g/mol. The number of amides is 1. The van der Waals surface area contributed by atoms with Crippen molar-refractivity contribution in [2.75, 3.05) is 37.7 Å². The summed E-state index contributed by atoms with van der Waals surface area (Å²) < 4.78 is 11.7. The molecule has 1 atom stereocenters. The molecule has 0 radical (unpaired) electrons. The standard InChI is InChI=1S/C17H24N4O3/c1-13-18-19-16(24-13)21-8-4-7-17(12-21)11-20(9-10-23-17)15(22)14-5-2-3-6-14/h2-3,14H,4-12H2,1H3. The van der Waals surface area contributed by atoms with Crippen molar-refractivity contribution in [2.45, 2.75) is 38.2 Å². The van der Waals surface area contributed by atoms with E-state index < -0.39 is 0 Å². The van der Waals surface area contributed by atoms with E-state index in [9.17, 15) is 4.79 Å². The van der Waals surface area contributed by atoms with E-state index in [0.29, 0.717) is 38.1 Å². The molecule has 0 N–H and O–H groups in total. The van der Waals surface area contributed by atoms with Crippen LogP contribution >= 0.6 is 0 Å². The third kappa shape index (κ3) is 2.92. The summed E-state index contributed by atoms with van der Waals surface area (Å²) in [5.74, 6) is 0.964. The lowest BCUT2D eigenvalue weighted by molar-refractivity contribution is -0.155. The van der Waals surface area contributed by atoms with Gasteiger partial charge in [0.25, 0.3) is 0 Å². The van der Waals surface area contributed by atoms with E-state index >= 15 is 0 Å². The normalized spacial score (nSPS) is 28.0. The Labute approximate surface area is 141 Å². The van der Waals surface area contributed by atoms with Gasteiger partial charge < -0.3 is 19.0 Å². The zero-order valence-electron chi connectivity index (χ0n) is 14.1. The molecule has 130 valence electrons. The van der Waals surface area contributed by atoms with Crippen LogP contribution in [0.5, 0.6) is 0 Å². The fraction of sp³-hybridized carbons (Fsp3) is 0.706. The molecular formula is C17H24N4O3. The maximum Gasteiger partial charge on any atom is 0.318 e. The van der Waals surface area contributed by atoms with Gasteiger partial charge in [0.1, 0.15) is 5.60 Å². The average Bonchev–Trinajstić information content (AvgIpc) is 3.26. The minimum atomic E-state index is -0.319. The van der Waals surface area contributed by atoms with Crippen LogP contribution in [0.15, 0.2) is 16.6 Å². The van der Waals surface area contributed by atoms with Crippen molar-refractivity contribution in [1.29, 1.82) is 0 Å². The number of anilines is 1. The molecule has 1 unspecified atom stereocenters. The zero-order chi connectivity index (χ0) is 16.6. The molecule has 1 spiro atoms. The molecule has 3 heterocycles. The number of allylic oxidation sites excluding steroid dienone is 2. The number of aromatic nitrogens is 2.